The van der Waals surface area contributed by atoms with E-state index in [9.17, 15) is 22.0 Å². The number of halogens is 5. The van der Waals surface area contributed by atoms with Gasteiger partial charge in [-0.25, -0.2) is 26.6 Å². The lowest BCUT2D eigenvalue weighted by molar-refractivity contribution is 0.141. The first kappa shape index (κ1) is 15.4. The Morgan fingerprint density at radius 1 is 1.14 bits per heavy atom. The molecule has 0 spiro atoms. The standard InChI is InChI=1S/C13H12F5N3/c1-2-19-5-7-6-20-21(12(7)13(17)18)11-4-9(15)8(14)3-10(11)16/h3-4,6,13,19H,2,5H2,1H3. The average Bonchev–Trinajstić information content (AvgIpc) is 2.84. The number of nitrogens with one attached hydrogen (secondary N) is 1. The van der Waals surface area contributed by atoms with Gasteiger partial charge in [0.05, 0.1) is 6.20 Å². The van der Waals surface area contributed by atoms with Gasteiger partial charge in [0.25, 0.3) is 6.43 Å². The van der Waals surface area contributed by atoms with Crippen LogP contribution < -0.4 is 5.32 Å². The van der Waals surface area contributed by atoms with E-state index in [-0.39, 0.29) is 12.1 Å². The van der Waals surface area contributed by atoms with Gasteiger partial charge in [0.15, 0.2) is 17.5 Å². The van der Waals surface area contributed by atoms with Crippen molar-refractivity contribution in [2.45, 2.75) is 19.9 Å². The van der Waals surface area contributed by atoms with Gasteiger partial charge in [-0.3, -0.25) is 0 Å². The van der Waals surface area contributed by atoms with Crippen LogP contribution in [0.15, 0.2) is 18.3 Å². The maximum atomic E-state index is 13.7. The highest BCUT2D eigenvalue weighted by molar-refractivity contribution is 5.38. The molecule has 2 rings (SSSR count). The number of benzene rings is 1. The van der Waals surface area contributed by atoms with E-state index < -0.39 is 35.3 Å². The Hall–Kier alpha value is -1.96. The van der Waals surface area contributed by atoms with Gasteiger partial charge in [0.2, 0.25) is 0 Å². The van der Waals surface area contributed by atoms with Crippen molar-refractivity contribution < 1.29 is 22.0 Å². The number of hydrogen-bond acceptors (Lipinski definition) is 2. The first-order valence-corrected chi connectivity index (χ1v) is 6.16. The minimum Gasteiger partial charge on any atom is -0.313 e. The lowest BCUT2D eigenvalue weighted by Gasteiger charge is -2.10. The van der Waals surface area contributed by atoms with Crippen LogP contribution in [0.3, 0.4) is 0 Å². The van der Waals surface area contributed by atoms with Gasteiger partial charge >= 0.3 is 0 Å². The summed E-state index contributed by atoms with van der Waals surface area (Å²) in [5.74, 6) is -3.90. The summed E-state index contributed by atoms with van der Waals surface area (Å²) in [6.45, 7) is 2.45. The van der Waals surface area contributed by atoms with E-state index in [1.807, 2.05) is 0 Å². The van der Waals surface area contributed by atoms with E-state index in [4.69, 9.17) is 0 Å². The maximum absolute atomic E-state index is 13.7. The van der Waals surface area contributed by atoms with Crippen molar-refractivity contribution in [3.8, 4) is 5.69 Å². The molecule has 1 aromatic heterocycles. The number of nitrogens with zero attached hydrogens (tertiary/aromatic N) is 2. The molecule has 21 heavy (non-hydrogen) atoms. The highest BCUT2D eigenvalue weighted by Gasteiger charge is 2.23. The zero-order valence-corrected chi connectivity index (χ0v) is 11.0. The highest BCUT2D eigenvalue weighted by atomic mass is 19.3. The Morgan fingerprint density at radius 2 is 1.81 bits per heavy atom. The fraction of sp³-hybridized carbons (Fsp3) is 0.308. The van der Waals surface area contributed by atoms with Gasteiger partial charge in [-0.05, 0) is 6.54 Å². The zero-order chi connectivity index (χ0) is 15.6. The fourth-order valence-corrected chi connectivity index (χ4v) is 1.89. The van der Waals surface area contributed by atoms with Crippen molar-refractivity contribution in [1.82, 2.24) is 15.1 Å². The fourth-order valence-electron chi connectivity index (χ4n) is 1.89. The normalized spacial score (nSPS) is 11.4. The summed E-state index contributed by atoms with van der Waals surface area (Å²) in [5, 5.41) is 6.50. The molecule has 0 bridgehead atoms. The second-order valence-corrected chi connectivity index (χ2v) is 4.27. The Kier molecular flexibility index (Phi) is 4.56. The van der Waals surface area contributed by atoms with Crippen LogP contribution in [0.25, 0.3) is 5.69 Å². The predicted octanol–water partition coefficient (Wildman–Crippen LogP) is 3.34. The molecular weight excluding hydrogens is 293 g/mol. The lowest BCUT2D eigenvalue weighted by Crippen LogP contribution is -2.14. The summed E-state index contributed by atoms with van der Waals surface area (Å²) in [5.41, 5.74) is -0.955. The van der Waals surface area contributed by atoms with E-state index in [2.05, 4.69) is 10.4 Å². The van der Waals surface area contributed by atoms with Crippen LogP contribution in [-0.4, -0.2) is 16.3 Å². The molecule has 0 aliphatic carbocycles. The van der Waals surface area contributed by atoms with Crippen molar-refractivity contribution in [2.24, 2.45) is 0 Å². The first-order valence-electron chi connectivity index (χ1n) is 6.16. The van der Waals surface area contributed by atoms with Crippen LogP contribution in [0.1, 0.15) is 24.6 Å². The van der Waals surface area contributed by atoms with Gasteiger partial charge in [-0.15, -0.1) is 0 Å². The van der Waals surface area contributed by atoms with Crippen LogP contribution in [0.5, 0.6) is 0 Å². The summed E-state index contributed by atoms with van der Waals surface area (Å²) in [6.07, 6.45) is -1.79. The van der Waals surface area contributed by atoms with Crippen LogP contribution in [-0.2, 0) is 6.54 Å². The molecule has 0 atom stereocenters. The molecule has 0 fully saturated rings. The van der Waals surface area contributed by atoms with E-state index in [1.165, 1.54) is 0 Å². The second kappa shape index (κ2) is 6.21. The van der Waals surface area contributed by atoms with Gasteiger partial charge in [0, 0.05) is 24.2 Å². The van der Waals surface area contributed by atoms with Gasteiger partial charge in [-0.2, -0.15) is 5.10 Å². The molecule has 1 aromatic carbocycles. The van der Waals surface area contributed by atoms with Crippen LogP contribution in [0.4, 0.5) is 22.0 Å². The second-order valence-electron chi connectivity index (χ2n) is 4.27. The van der Waals surface area contributed by atoms with E-state index >= 15 is 0 Å². The van der Waals surface area contributed by atoms with Crippen molar-refractivity contribution >= 4 is 0 Å². The topological polar surface area (TPSA) is 29.9 Å². The minimum absolute atomic E-state index is 0.113. The molecule has 0 unspecified atom stereocenters. The molecule has 0 amide bonds. The number of hydrogen-bond donors (Lipinski definition) is 1. The predicted molar refractivity (Wildman–Crippen MR) is 65.8 cm³/mol. The summed E-state index contributed by atoms with van der Waals surface area (Å²) < 4.78 is 66.7. The van der Waals surface area contributed by atoms with Crippen molar-refractivity contribution in [3.05, 3.63) is 47.0 Å². The number of aromatic nitrogens is 2. The Morgan fingerprint density at radius 3 is 2.43 bits per heavy atom. The first-order chi connectivity index (χ1) is 9.95. The number of alkyl halides is 2. The number of rotatable bonds is 5. The molecule has 0 aliphatic heterocycles. The molecule has 2 aromatic rings. The third kappa shape index (κ3) is 3.05. The minimum atomic E-state index is -2.94. The Balaban J connectivity index is 2.54. The monoisotopic (exact) mass is 305 g/mol. The molecule has 0 radical (unpaired) electrons. The Bertz CT molecular complexity index is 639. The van der Waals surface area contributed by atoms with E-state index in [1.54, 1.807) is 6.92 Å². The smallest absolute Gasteiger partial charge is 0.280 e. The molecule has 0 aliphatic rings. The molecule has 114 valence electrons. The van der Waals surface area contributed by atoms with Crippen LogP contribution in [0.2, 0.25) is 0 Å². The average molecular weight is 305 g/mol. The largest absolute Gasteiger partial charge is 0.313 e. The molecular formula is C13H12F5N3. The summed E-state index contributed by atoms with van der Waals surface area (Å²) >= 11 is 0. The molecule has 3 nitrogen and oxygen atoms in total. The summed E-state index contributed by atoms with van der Waals surface area (Å²) in [4.78, 5) is 0. The van der Waals surface area contributed by atoms with Crippen LogP contribution in [0, 0.1) is 17.5 Å². The molecule has 1 N–H and O–H groups in total. The molecule has 0 saturated carbocycles. The van der Waals surface area contributed by atoms with Crippen LogP contribution >= 0.6 is 0 Å². The lowest BCUT2D eigenvalue weighted by atomic mass is 10.2. The van der Waals surface area contributed by atoms with Gasteiger partial charge in [0.1, 0.15) is 11.4 Å². The van der Waals surface area contributed by atoms with E-state index in [0.717, 1.165) is 6.20 Å². The third-order valence-electron chi connectivity index (χ3n) is 2.88. The maximum Gasteiger partial charge on any atom is 0.280 e. The van der Waals surface area contributed by atoms with Gasteiger partial charge < -0.3 is 5.32 Å². The van der Waals surface area contributed by atoms with E-state index in [0.29, 0.717) is 23.4 Å². The van der Waals surface area contributed by atoms with Crippen molar-refractivity contribution in [1.29, 1.82) is 0 Å². The van der Waals surface area contributed by atoms with Crippen molar-refractivity contribution in [2.75, 3.05) is 6.54 Å². The van der Waals surface area contributed by atoms with Crippen molar-refractivity contribution in [3.63, 3.8) is 0 Å². The van der Waals surface area contributed by atoms with Gasteiger partial charge in [-0.1, -0.05) is 6.92 Å². The quantitative estimate of drug-likeness (QED) is 0.678. The zero-order valence-electron chi connectivity index (χ0n) is 11.0. The Labute approximate surface area is 117 Å². The third-order valence-corrected chi connectivity index (χ3v) is 2.88. The molecule has 0 saturated heterocycles. The molecule has 1 heterocycles. The summed E-state index contributed by atoms with van der Waals surface area (Å²) in [7, 11) is 0. The summed E-state index contributed by atoms with van der Waals surface area (Å²) in [6, 6.07) is 0.798. The SMILES string of the molecule is CCNCc1cnn(-c2cc(F)c(F)cc2F)c1C(F)F. The molecule has 8 heteroatoms. The highest BCUT2D eigenvalue weighted by Crippen LogP contribution is 2.27.